The van der Waals surface area contributed by atoms with Crippen LogP contribution in [0.5, 0.6) is 0 Å². The molecule has 0 aliphatic heterocycles. The van der Waals surface area contributed by atoms with Gasteiger partial charge in [-0.05, 0) is 38.8 Å². The van der Waals surface area contributed by atoms with E-state index in [2.05, 4.69) is 55.9 Å². The van der Waals surface area contributed by atoms with Gasteiger partial charge in [-0.2, -0.15) is 0 Å². The fraction of sp³-hybridized carbons (Fsp3) is 0.556. The summed E-state index contributed by atoms with van der Waals surface area (Å²) >= 11 is 0. The summed E-state index contributed by atoms with van der Waals surface area (Å²) in [5.41, 5.74) is 14.3. The van der Waals surface area contributed by atoms with E-state index in [0.717, 1.165) is 37.3 Å². The van der Waals surface area contributed by atoms with Crippen molar-refractivity contribution in [3.05, 3.63) is 35.4 Å². The van der Waals surface area contributed by atoms with Gasteiger partial charge in [-0.3, -0.25) is 0 Å². The average Bonchev–Trinajstić information content (AvgIpc) is 2.60. The van der Waals surface area contributed by atoms with Crippen LogP contribution in [0.4, 0.5) is 0 Å². The molecule has 0 spiro atoms. The van der Waals surface area contributed by atoms with Gasteiger partial charge in [0.2, 0.25) is 0 Å². The fourth-order valence-electron chi connectivity index (χ4n) is 2.47. The zero-order valence-electron chi connectivity index (χ0n) is 15.5. The molecule has 1 aromatic carbocycles. The van der Waals surface area contributed by atoms with E-state index in [1.165, 1.54) is 0 Å². The van der Waals surface area contributed by atoms with Gasteiger partial charge in [0.25, 0.3) is 0 Å². The van der Waals surface area contributed by atoms with E-state index in [-0.39, 0.29) is 0 Å². The van der Waals surface area contributed by atoms with Crippen molar-refractivity contribution in [3.63, 3.8) is 0 Å². The molecule has 0 amide bonds. The molecule has 0 saturated heterocycles. The number of aliphatic imine (C=N–C) groups is 2. The molecule has 0 saturated carbocycles. The lowest BCUT2D eigenvalue weighted by molar-refractivity contribution is 0.458. The van der Waals surface area contributed by atoms with E-state index in [1.807, 2.05) is 15.9 Å². The van der Waals surface area contributed by atoms with Crippen LogP contribution in [0.2, 0.25) is 0 Å². The summed E-state index contributed by atoms with van der Waals surface area (Å²) in [6, 6.07) is 8.24. The Bertz CT molecular complexity index is 499. The van der Waals surface area contributed by atoms with Gasteiger partial charge in [0.05, 0.1) is 13.1 Å². The summed E-state index contributed by atoms with van der Waals surface area (Å²) in [5.74, 6) is 1.18. The highest BCUT2D eigenvalue weighted by Crippen LogP contribution is 2.08. The third kappa shape index (κ3) is 6.10. The summed E-state index contributed by atoms with van der Waals surface area (Å²) < 4.78 is 0. The topological polar surface area (TPSA) is 83.2 Å². The Morgan fingerprint density at radius 1 is 0.792 bits per heavy atom. The molecule has 0 aliphatic rings. The second kappa shape index (κ2) is 10.5. The SMILES string of the molecule is CCN(CC)C(N)=NCc1cccc(CN=C(N)N(CC)CC)c1. The third-order valence-electron chi connectivity index (χ3n) is 4.01. The first-order valence-corrected chi connectivity index (χ1v) is 8.73. The van der Waals surface area contributed by atoms with Crippen molar-refractivity contribution in [2.45, 2.75) is 40.8 Å². The zero-order chi connectivity index (χ0) is 17.9. The Morgan fingerprint density at radius 3 is 1.50 bits per heavy atom. The van der Waals surface area contributed by atoms with Crippen LogP contribution in [0.15, 0.2) is 34.3 Å². The molecule has 6 nitrogen and oxygen atoms in total. The molecule has 1 rings (SSSR count). The maximum atomic E-state index is 6.02. The summed E-state index contributed by atoms with van der Waals surface area (Å²) in [7, 11) is 0. The quantitative estimate of drug-likeness (QED) is 0.563. The first kappa shape index (κ1) is 19.8. The van der Waals surface area contributed by atoms with Crippen LogP contribution >= 0.6 is 0 Å². The lowest BCUT2D eigenvalue weighted by atomic mass is 10.1. The minimum atomic E-state index is 0.575. The molecule has 0 bridgehead atoms. The first-order chi connectivity index (χ1) is 11.5. The predicted molar refractivity (Wildman–Crippen MR) is 103 cm³/mol. The van der Waals surface area contributed by atoms with Gasteiger partial charge in [0.15, 0.2) is 11.9 Å². The van der Waals surface area contributed by atoms with Crippen LogP contribution in [-0.2, 0) is 13.1 Å². The van der Waals surface area contributed by atoms with Gasteiger partial charge in [0.1, 0.15) is 0 Å². The van der Waals surface area contributed by atoms with Crippen molar-refractivity contribution in [2.75, 3.05) is 26.2 Å². The third-order valence-corrected chi connectivity index (χ3v) is 4.01. The molecule has 0 heterocycles. The molecule has 0 fully saturated rings. The minimum absolute atomic E-state index is 0.575. The average molecular weight is 332 g/mol. The number of rotatable bonds is 8. The Kier molecular flexibility index (Phi) is 8.68. The molecule has 0 aliphatic carbocycles. The molecule has 4 N–H and O–H groups in total. The smallest absolute Gasteiger partial charge is 0.191 e. The standard InChI is InChI=1S/C18H32N6/c1-5-23(6-2)17(19)21-13-15-10-9-11-16(12-15)14-22-18(20)24(7-3)8-4/h9-12H,5-8,13-14H2,1-4H3,(H2,19,21)(H2,20,22). The zero-order valence-corrected chi connectivity index (χ0v) is 15.5. The second-order valence-corrected chi connectivity index (χ2v) is 5.51. The molecular weight excluding hydrogens is 300 g/mol. The van der Waals surface area contributed by atoms with Crippen molar-refractivity contribution in [1.29, 1.82) is 0 Å². The Morgan fingerprint density at radius 2 is 1.17 bits per heavy atom. The monoisotopic (exact) mass is 332 g/mol. The highest BCUT2D eigenvalue weighted by Gasteiger charge is 2.03. The molecule has 1 aromatic rings. The van der Waals surface area contributed by atoms with E-state index < -0.39 is 0 Å². The molecule has 0 atom stereocenters. The molecule has 0 unspecified atom stereocenters. The summed E-state index contributed by atoms with van der Waals surface area (Å²) in [5, 5.41) is 0. The number of nitrogens with two attached hydrogens (primary N) is 2. The molecular formula is C18H32N6. The van der Waals surface area contributed by atoms with Crippen LogP contribution in [-0.4, -0.2) is 47.9 Å². The van der Waals surface area contributed by atoms with E-state index in [9.17, 15) is 0 Å². The first-order valence-electron chi connectivity index (χ1n) is 8.73. The summed E-state index contributed by atoms with van der Waals surface area (Å²) in [4.78, 5) is 13.0. The van der Waals surface area contributed by atoms with Crippen LogP contribution in [0.1, 0.15) is 38.8 Å². The van der Waals surface area contributed by atoms with Gasteiger partial charge < -0.3 is 21.3 Å². The number of benzene rings is 1. The van der Waals surface area contributed by atoms with Crippen molar-refractivity contribution in [1.82, 2.24) is 9.80 Å². The van der Waals surface area contributed by atoms with E-state index in [0.29, 0.717) is 25.0 Å². The van der Waals surface area contributed by atoms with E-state index in [4.69, 9.17) is 11.5 Å². The van der Waals surface area contributed by atoms with Crippen LogP contribution in [0.3, 0.4) is 0 Å². The molecule has 24 heavy (non-hydrogen) atoms. The Hall–Kier alpha value is -2.24. The number of hydrogen-bond acceptors (Lipinski definition) is 2. The van der Waals surface area contributed by atoms with Gasteiger partial charge in [0, 0.05) is 26.2 Å². The van der Waals surface area contributed by atoms with Crippen LogP contribution < -0.4 is 11.5 Å². The highest BCUT2D eigenvalue weighted by molar-refractivity contribution is 5.78. The van der Waals surface area contributed by atoms with Crippen molar-refractivity contribution < 1.29 is 0 Å². The van der Waals surface area contributed by atoms with Crippen LogP contribution in [0.25, 0.3) is 0 Å². The van der Waals surface area contributed by atoms with E-state index >= 15 is 0 Å². The Labute approximate surface area is 146 Å². The molecule has 6 heteroatoms. The summed E-state index contributed by atoms with van der Waals surface area (Å²) in [6.45, 7) is 12.9. The van der Waals surface area contributed by atoms with Gasteiger partial charge >= 0.3 is 0 Å². The molecule has 0 radical (unpaired) electrons. The second-order valence-electron chi connectivity index (χ2n) is 5.51. The minimum Gasteiger partial charge on any atom is -0.370 e. The lowest BCUT2D eigenvalue weighted by Crippen LogP contribution is -2.37. The molecule has 134 valence electrons. The largest absolute Gasteiger partial charge is 0.370 e. The maximum absolute atomic E-state index is 6.02. The Balaban J connectivity index is 2.73. The van der Waals surface area contributed by atoms with Crippen molar-refractivity contribution >= 4 is 11.9 Å². The van der Waals surface area contributed by atoms with Gasteiger partial charge in [-0.1, -0.05) is 24.3 Å². The molecule has 0 aromatic heterocycles. The van der Waals surface area contributed by atoms with Gasteiger partial charge in [-0.25, -0.2) is 9.98 Å². The number of guanidine groups is 2. The highest BCUT2D eigenvalue weighted by atomic mass is 15.2. The van der Waals surface area contributed by atoms with Crippen molar-refractivity contribution in [3.8, 4) is 0 Å². The lowest BCUT2D eigenvalue weighted by Gasteiger charge is -2.19. The number of hydrogen-bond donors (Lipinski definition) is 2. The normalized spacial score (nSPS) is 12.3. The predicted octanol–water partition coefficient (Wildman–Crippen LogP) is 2.00. The maximum Gasteiger partial charge on any atom is 0.191 e. The van der Waals surface area contributed by atoms with Gasteiger partial charge in [-0.15, -0.1) is 0 Å². The van der Waals surface area contributed by atoms with Crippen molar-refractivity contribution in [2.24, 2.45) is 21.5 Å². The summed E-state index contributed by atoms with van der Waals surface area (Å²) in [6.07, 6.45) is 0. The fourth-order valence-corrected chi connectivity index (χ4v) is 2.47. The van der Waals surface area contributed by atoms with Crippen LogP contribution in [0, 0.1) is 0 Å². The van der Waals surface area contributed by atoms with E-state index in [1.54, 1.807) is 0 Å². The number of nitrogens with zero attached hydrogens (tertiary/aromatic N) is 4.